The van der Waals surface area contributed by atoms with Gasteiger partial charge in [-0.25, -0.2) is 14.1 Å². The number of pyridine rings is 1. The third-order valence-corrected chi connectivity index (χ3v) is 5.84. The zero-order valence-electron chi connectivity index (χ0n) is 21.2. The van der Waals surface area contributed by atoms with Gasteiger partial charge in [0, 0.05) is 35.0 Å². The second-order valence-corrected chi connectivity index (χ2v) is 9.83. The lowest BCUT2D eigenvalue weighted by Gasteiger charge is -2.35. The van der Waals surface area contributed by atoms with E-state index in [9.17, 15) is 4.39 Å². The molecule has 0 unspecified atom stereocenters. The molecule has 0 spiro atoms. The van der Waals surface area contributed by atoms with Gasteiger partial charge in [0.15, 0.2) is 0 Å². The van der Waals surface area contributed by atoms with Gasteiger partial charge in [-0.1, -0.05) is 53.9 Å². The largest absolute Gasteiger partial charge is 0.343 e. The summed E-state index contributed by atoms with van der Waals surface area (Å²) in [6, 6.07) is 5.08. The number of fused-ring (bicyclic) bond motifs is 1. The van der Waals surface area contributed by atoms with Gasteiger partial charge in [-0.2, -0.15) is 5.10 Å². The second-order valence-electron chi connectivity index (χ2n) is 9.83. The minimum absolute atomic E-state index is 0.115. The number of halogens is 1. The highest BCUT2D eigenvalue weighted by atomic mass is 19.1. The van der Waals surface area contributed by atoms with Crippen molar-refractivity contribution in [2.24, 2.45) is 0 Å². The maximum absolute atomic E-state index is 13.3. The van der Waals surface area contributed by atoms with Gasteiger partial charge >= 0.3 is 0 Å². The van der Waals surface area contributed by atoms with Gasteiger partial charge in [-0.3, -0.25) is 0 Å². The summed E-state index contributed by atoms with van der Waals surface area (Å²) in [5, 5.41) is 8.12. The van der Waals surface area contributed by atoms with Crippen molar-refractivity contribution in [3.63, 3.8) is 0 Å². The Morgan fingerprint density at radius 3 is 2.62 bits per heavy atom. The third kappa shape index (κ3) is 5.65. The monoisotopic (exact) mass is 464 g/mol. The summed E-state index contributed by atoms with van der Waals surface area (Å²) < 4.78 is 15.2. The summed E-state index contributed by atoms with van der Waals surface area (Å²) in [4.78, 5) is 8.55. The zero-order chi connectivity index (χ0) is 25.0. The predicted molar refractivity (Wildman–Crippen MR) is 140 cm³/mol. The molecule has 6 nitrogen and oxygen atoms in total. The van der Waals surface area contributed by atoms with Crippen molar-refractivity contribution in [1.82, 2.24) is 19.7 Å². The van der Waals surface area contributed by atoms with Crippen LogP contribution in [-0.2, 0) is 5.41 Å². The lowest BCUT2D eigenvalue weighted by atomic mass is 9.92. The molecule has 3 heterocycles. The quantitative estimate of drug-likeness (QED) is 0.481. The van der Waals surface area contributed by atoms with Crippen molar-refractivity contribution in [3.8, 4) is 0 Å². The van der Waals surface area contributed by atoms with Gasteiger partial charge in [0.2, 0.25) is 0 Å². The molecule has 0 aliphatic carbocycles. The van der Waals surface area contributed by atoms with E-state index in [1.54, 1.807) is 6.07 Å². The van der Waals surface area contributed by atoms with E-state index in [2.05, 4.69) is 80.6 Å². The SMILES string of the molecule is C=CC1=C(CN(C)CCCC)C(=C)n2nc(C(C)(C)C)cc2N1CC(=C)Nc1ccc(F)cn1. The summed E-state index contributed by atoms with van der Waals surface area (Å²) in [6.45, 7) is 23.6. The Morgan fingerprint density at radius 1 is 1.29 bits per heavy atom. The summed E-state index contributed by atoms with van der Waals surface area (Å²) in [5.74, 6) is 1.08. The van der Waals surface area contributed by atoms with E-state index in [-0.39, 0.29) is 11.2 Å². The molecule has 2 aromatic rings. The molecule has 0 saturated heterocycles. The lowest BCUT2D eigenvalue weighted by Crippen LogP contribution is -2.35. The van der Waals surface area contributed by atoms with E-state index in [0.717, 1.165) is 60.1 Å². The van der Waals surface area contributed by atoms with E-state index in [4.69, 9.17) is 5.10 Å². The van der Waals surface area contributed by atoms with Gasteiger partial charge in [0.05, 0.1) is 24.1 Å². The Hall–Kier alpha value is -3.19. The molecule has 34 heavy (non-hydrogen) atoms. The van der Waals surface area contributed by atoms with Crippen LogP contribution in [0.5, 0.6) is 0 Å². The van der Waals surface area contributed by atoms with Crippen LogP contribution in [0, 0.1) is 5.82 Å². The highest BCUT2D eigenvalue weighted by Crippen LogP contribution is 2.38. The number of anilines is 2. The molecule has 7 heteroatoms. The van der Waals surface area contributed by atoms with Crippen LogP contribution in [0.25, 0.3) is 5.70 Å². The first-order chi connectivity index (χ1) is 16.0. The smallest absolute Gasteiger partial charge is 0.141 e. The van der Waals surface area contributed by atoms with Crippen LogP contribution < -0.4 is 10.2 Å². The van der Waals surface area contributed by atoms with Crippen LogP contribution in [0.2, 0.25) is 0 Å². The van der Waals surface area contributed by atoms with Gasteiger partial charge in [0.1, 0.15) is 17.5 Å². The molecular weight excluding hydrogens is 427 g/mol. The van der Waals surface area contributed by atoms with Gasteiger partial charge in [-0.05, 0) is 38.2 Å². The van der Waals surface area contributed by atoms with Crippen LogP contribution in [0.1, 0.15) is 46.2 Å². The van der Waals surface area contributed by atoms with Gasteiger partial charge < -0.3 is 15.1 Å². The predicted octanol–water partition coefficient (Wildman–Crippen LogP) is 5.80. The van der Waals surface area contributed by atoms with Crippen molar-refractivity contribution in [2.75, 3.05) is 36.9 Å². The standard InChI is InChI=1S/C27H37FN6/c1-9-11-14-32(8)18-22-20(4)34-26(15-24(31-34)27(5,6)7)33(23(22)10-2)17-19(3)30-25-13-12-21(28)16-29-25/h10,12-13,15-16H,2-4,9,11,14,17-18H2,1,5-8H3,(H,29,30). The van der Waals surface area contributed by atoms with E-state index in [1.807, 2.05) is 10.8 Å². The van der Waals surface area contributed by atoms with Crippen LogP contribution in [-0.4, -0.2) is 46.3 Å². The molecular formula is C27H37FN6. The molecule has 0 saturated carbocycles. The van der Waals surface area contributed by atoms with Crippen LogP contribution >= 0.6 is 0 Å². The van der Waals surface area contributed by atoms with Gasteiger partial charge in [0.25, 0.3) is 0 Å². The first-order valence-electron chi connectivity index (χ1n) is 11.7. The molecule has 0 radical (unpaired) electrons. The molecule has 3 rings (SSSR count). The topological polar surface area (TPSA) is 49.2 Å². The number of allylic oxidation sites excluding steroid dienone is 1. The van der Waals surface area contributed by atoms with Gasteiger partial charge in [-0.15, -0.1) is 0 Å². The molecule has 1 aliphatic rings. The number of unbranched alkanes of at least 4 members (excludes halogenated alkanes) is 1. The number of rotatable bonds is 10. The average molecular weight is 465 g/mol. The van der Waals surface area contributed by atoms with E-state index >= 15 is 0 Å². The molecule has 0 fully saturated rings. The fraction of sp³-hybridized carbons (Fsp3) is 0.407. The molecule has 2 aromatic heterocycles. The first kappa shape index (κ1) is 25.4. The highest BCUT2D eigenvalue weighted by molar-refractivity contribution is 5.77. The third-order valence-electron chi connectivity index (χ3n) is 5.84. The number of aromatic nitrogens is 3. The maximum atomic E-state index is 13.3. The van der Waals surface area contributed by atoms with E-state index < -0.39 is 0 Å². The highest BCUT2D eigenvalue weighted by Gasteiger charge is 2.31. The molecule has 0 amide bonds. The van der Waals surface area contributed by atoms with Crippen molar-refractivity contribution in [2.45, 2.75) is 46.0 Å². The van der Waals surface area contributed by atoms with E-state index in [0.29, 0.717) is 12.4 Å². The summed E-state index contributed by atoms with van der Waals surface area (Å²) in [6.07, 6.45) is 5.34. The fourth-order valence-electron chi connectivity index (χ4n) is 3.90. The minimum atomic E-state index is -0.377. The van der Waals surface area contributed by atoms with Crippen molar-refractivity contribution >= 4 is 17.3 Å². The summed E-state index contributed by atoms with van der Waals surface area (Å²) >= 11 is 0. The number of nitrogens with zero attached hydrogens (tertiary/aromatic N) is 5. The number of hydrogen-bond acceptors (Lipinski definition) is 5. The molecule has 1 N–H and O–H groups in total. The molecule has 1 aliphatic heterocycles. The maximum Gasteiger partial charge on any atom is 0.141 e. The normalized spacial score (nSPS) is 14.0. The van der Waals surface area contributed by atoms with Crippen molar-refractivity contribution < 1.29 is 4.39 Å². The number of likely N-dealkylation sites (N-methyl/N-ethyl adjacent to an activating group) is 1. The number of hydrogen-bond donors (Lipinski definition) is 1. The molecule has 0 atom stereocenters. The van der Waals surface area contributed by atoms with E-state index in [1.165, 1.54) is 12.3 Å². The molecule has 182 valence electrons. The Labute approximate surface area is 203 Å². The Bertz CT molecular complexity index is 1090. The fourth-order valence-corrected chi connectivity index (χ4v) is 3.90. The summed E-state index contributed by atoms with van der Waals surface area (Å²) in [5.41, 5.74) is 4.51. The molecule has 0 bridgehead atoms. The number of nitrogens with one attached hydrogen (secondary N) is 1. The average Bonchev–Trinajstić information content (AvgIpc) is 3.23. The molecule has 0 aromatic carbocycles. The van der Waals surface area contributed by atoms with Crippen molar-refractivity contribution in [3.05, 3.63) is 78.7 Å². The Kier molecular flexibility index (Phi) is 7.77. The van der Waals surface area contributed by atoms with Crippen molar-refractivity contribution in [1.29, 1.82) is 0 Å². The van der Waals surface area contributed by atoms with Crippen LogP contribution in [0.3, 0.4) is 0 Å². The summed E-state index contributed by atoms with van der Waals surface area (Å²) in [7, 11) is 2.13. The first-order valence-corrected chi connectivity index (χ1v) is 11.7. The van der Waals surface area contributed by atoms with Crippen LogP contribution in [0.15, 0.2) is 67.2 Å². The minimum Gasteiger partial charge on any atom is -0.343 e. The second kappa shape index (κ2) is 10.4. The van der Waals surface area contributed by atoms with Crippen LogP contribution in [0.4, 0.5) is 16.0 Å². The Morgan fingerprint density at radius 2 is 2.03 bits per heavy atom. The lowest BCUT2D eigenvalue weighted by molar-refractivity contribution is 0.356. The Balaban J connectivity index is 1.98. The zero-order valence-corrected chi connectivity index (χ0v) is 21.2.